The highest BCUT2D eigenvalue weighted by atomic mass is 32.2. The number of carbonyl (C=O) groups is 1. The van der Waals surface area contributed by atoms with Crippen molar-refractivity contribution in [2.45, 2.75) is 18.2 Å². The Morgan fingerprint density at radius 1 is 1.30 bits per heavy atom. The number of benzene rings is 1. The zero-order chi connectivity index (χ0) is 15.4. The molecule has 3 nitrogen and oxygen atoms in total. The van der Waals surface area contributed by atoms with E-state index in [0.29, 0.717) is 0 Å². The van der Waals surface area contributed by atoms with Crippen LogP contribution in [0.2, 0.25) is 0 Å². The fourth-order valence-electron chi connectivity index (χ4n) is 1.58. The Morgan fingerprint density at radius 3 is 2.20 bits per heavy atom. The van der Waals surface area contributed by atoms with Crippen LogP contribution in [0.5, 0.6) is 0 Å². The Balaban J connectivity index is 3.04. The second-order valence-electron chi connectivity index (χ2n) is 4.06. The van der Waals surface area contributed by atoms with Crippen molar-refractivity contribution in [1.82, 2.24) is 5.32 Å². The van der Waals surface area contributed by atoms with Crippen LogP contribution in [0.3, 0.4) is 0 Å². The molecule has 0 aromatic heterocycles. The summed E-state index contributed by atoms with van der Waals surface area (Å²) in [6, 6.07) is -0.615. The summed E-state index contributed by atoms with van der Waals surface area (Å²) < 4.78 is 52.8. The topological polar surface area (TPSA) is 49.3 Å². The number of hydrogen-bond acceptors (Lipinski definition) is 3. The third kappa shape index (κ3) is 3.43. The first-order valence-electron chi connectivity index (χ1n) is 5.61. The van der Waals surface area contributed by atoms with Crippen LogP contribution >= 0.6 is 11.8 Å². The van der Waals surface area contributed by atoms with Gasteiger partial charge in [-0.25, -0.2) is 17.6 Å². The lowest BCUT2D eigenvalue weighted by atomic mass is 10.1. The number of hydrogen-bond donors (Lipinski definition) is 2. The number of aliphatic hydroxyl groups is 1. The van der Waals surface area contributed by atoms with Crippen LogP contribution < -0.4 is 5.32 Å². The molecule has 0 saturated heterocycles. The summed E-state index contributed by atoms with van der Waals surface area (Å²) in [5, 5.41) is 10.8. The molecule has 2 atom stereocenters. The van der Waals surface area contributed by atoms with Crippen molar-refractivity contribution in [3.8, 4) is 0 Å². The highest BCUT2D eigenvalue weighted by Gasteiger charge is 2.27. The molecule has 0 fully saturated rings. The highest BCUT2D eigenvalue weighted by Crippen LogP contribution is 2.20. The number of aliphatic hydroxyl groups excluding tert-OH is 1. The lowest BCUT2D eigenvalue weighted by Crippen LogP contribution is -2.42. The molecule has 0 saturated carbocycles. The second-order valence-corrected chi connectivity index (χ2v) is 5.14. The first-order valence-corrected chi connectivity index (χ1v) is 6.89. The zero-order valence-corrected chi connectivity index (χ0v) is 11.5. The number of carbonyl (C=O) groups excluding carboxylic acids is 1. The van der Waals surface area contributed by atoms with Gasteiger partial charge in [-0.2, -0.15) is 11.8 Å². The summed E-state index contributed by atoms with van der Waals surface area (Å²) in [7, 11) is 0. The molecule has 1 aromatic carbocycles. The van der Waals surface area contributed by atoms with Crippen molar-refractivity contribution >= 4 is 17.7 Å². The van der Waals surface area contributed by atoms with Gasteiger partial charge in [0.15, 0.2) is 23.3 Å². The van der Waals surface area contributed by atoms with Crippen LogP contribution in [0.4, 0.5) is 17.6 Å². The van der Waals surface area contributed by atoms with Crippen molar-refractivity contribution in [2.75, 3.05) is 12.9 Å². The Bertz CT molecular complexity index is 482. The van der Waals surface area contributed by atoms with E-state index in [1.807, 2.05) is 0 Å². The lowest BCUT2D eigenvalue weighted by molar-refractivity contribution is 0.0925. The van der Waals surface area contributed by atoms with E-state index in [9.17, 15) is 22.4 Å². The molecular weight excluding hydrogens is 298 g/mol. The van der Waals surface area contributed by atoms with Crippen molar-refractivity contribution in [2.24, 2.45) is 0 Å². The predicted octanol–water partition coefficient (Wildman–Crippen LogP) is 2.09. The van der Waals surface area contributed by atoms with Gasteiger partial charge in [-0.15, -0.1) is 0 Å². The first-order chi connectivity index (χ1) is 9.33. The Morgan fingerprint density at radius 2 is 1.80 bits per heavy atom. The molecule has 20 heavy (non-hydrogen) atoms. The molecule has 112 valence electrons. The van der Waals surface area contributed by atoms with Gasteiger partial charge in [-0.3, -0.25) is 4.79 Å². The predicted molar refractivity (Wildman–Crippen MR) is 67.6 cm³/mol. The van der Waals surface area contributed by atoms with E-state index in [2.05, 4.69) is 5.32 Å². The van der Waals surface area contributed by atoms with Gasteiger partial charge in [-0.05, 0) is 13.2 Å². The molecule has 1 aromatic rings. The molecule has 1 rings (SSSR count). The van der Waals surface area contributed by atoms with Crippen molar-refractivity contribution in [3.63, 3.8) is 0 Å². The van der Waals surface area contributed by atoms with E-state index < -0.39 is 46.0 Å². The Hall–Kier alpha value is -1.28. The van der Waals surface area contributed by atoms with Crippen LogP contribution in [0.25, 0.3) is 0 Å². The molecule has 0 aliphatic rings. The summed E-state index contributed by atoms with van der Waals surface area (Å²) in [4.78, 5) is 11.7. The van der Waals surface area contributed by atoms with E-state index in [1.165, 1.54) is 18.7 Å². The molecule has 0 radical (unpaired) electrons. The molecule has 2 unspecified atom stereocenters. The van der Waals surface area contributed by atoms with Gasteiger partial charge in [0, 0.05) is 17.4 Å². The summed E-state index contributed by atoms with van der Waals surface area (Å²) in [5.41, 5.74) is -1.31. The maximum Gasteiger partial charge on any atom is 0.257 e. The van der Waals surface area contributed by atoms with Crippen LogP contribution in [-0.4, -0.2) is 35.2 Å². The van der Waals surface area contributed by atoms with Gasteiger partial charge in [0.25, 0.3) is 5.91 Å². The molecule has 0 spiro atoms. The standard InChI is InChI=1S/C12H13F4NO2S/c1-5(8(4-18)20-2)17-12(19)9-10(15)6(13)3-7(14)11(9)16/h3,5,8,18H,4H2,1-2H3,(H,17,19). The van der Waals surface area contributed by atoms with E-state index in [-0.39, 0.29) is 12.7 Å². The van der Waals surface area contributed by atoms with Gasteiger partial charge < -0.3 is 10.4 Å². The molecule has 0 heterocycles. The number of amides is 1. The summed E-state index contributed by atoms with van der Waals surface area (Å²) in [5.74, 6) is -8.08. The van der Waals surface area contributed by atoms with Gasteiger partial charge in [0.05, 0.1) is 6.61 Å². The zero-order valence-electron chi connectivity index (χ0n) is 10.7. The molecule has 0 bridgehead atoms. The fourth-order valence-corrected chi connectivity index (χ4v) is 2.21. The van der Waals surface area contributed by atoms with E-state index in [1.54, 1.807) is 6.26 Å². The average Bonchev–Trinajstić information content (AvgIpc) is 2.38. The van der Waals surface area contributed by atoms with Gasteiger partial charge >= 0.3 is 0 Å². The fraction of sp³-hybridized carbons (Fsp3) is 0.417. The average molecular weight is 311 g/mol. The van der Waals surface area contributed by atoms with Crippen molar-refractivity contribution < 1.29 is 27.5 Å². The summed E-state index contributed by atoms with van der Waals surface area (Å²) >= 11 is 1.23. The summed E-state index contributed by atoms with van der Waals surface area (Å²) in [6.07, 6.45) is 1.67. The number of halogens is 4. The minimum absolute atomic E-state index is 0.0310. The van der Waals surface area contributed by atoms with E-state index in [4.69, 9.17) is 5.11 Å². The lowest BCUT2D eigenvalue weighted by Gasteiger charge is -2.21. The molecular formula is C12H13F4NO2S. The third-order valence-electron chi connectivity index (χ3n) is 2.74. The molecule has 0 aliphatic carbocycles. The molecule has 1 amide bonds. The van der Waals surface area contributed by atoms with Crippen LogP contribution in [-0.2, 0) is 0 Å². The SMILES string of the molecule is CSC(CO)C(C)NC(=O)c1c(F)c(F)cc(F)c1F. The quantitative estimate of drug-likeness (QED) is 0.647. The molecule has 2 N–H and O–H groups in total. The number of nitrogens with one attached hydrogen (secondary N) is 1. The minimum atomic E-state index is -1.75. The smallest absolute Gasteiger partial charge is 0.257 e. The second kappa shape index (κ2) is 6.94. The first kappa shape index (κ1) is 16.8. The van der Waals surface area contributed by atoms with Crippen LogP contribution in [0.1, 0.15) is 17.3 Å². The van der Waals surface area contributed by atoms with Gasteiger partial charge in [0.2, 0.25) is 0 Å². The van der Waals surface area contributed by atoms with Gasteiger partial charge in [-0.1, -0.05) is 0 Å². The number of thioether (sulfide) groups is 1. The maximum absolute atomic E-state index is 13.4. The van der Waals surface area contributed by atoms with Crippen LogP contribution in [0, 0.1) is 23.3 Å². The van der Waals surface area contributed by atoms with Crippen LogP contribution in [0.15, 0.2) is 6.07 Å². The maximum atomic E-state index is 13.4. The van der Waals surface area contributed by atoms with Gasteiger partial charge in [0.1, 0.15) is 5.56 Å². The monoisotopic (exact) mass is 311 g/mol. The Kier molecular flexibility index (Phi) is 5.82. The largest absolute Gasteiger partial charge is 0.395 e. The normalized spacial score (nSPS) is 13.9. The molecule has 8 heteroatoms. The highest BCUT2D eigenvalue weighted by molar-refractivity contribution is 7.99. The number of rotatable bonds is 5. The Labute approximate surface area is 117 Å². The summed E-state index contributed by atoms with van der Waals surface area (Å²) in [6.45, 7) is 1.23. The van der Waals surface area contributed by atoms with Crippen molar-refractivity contribution in [3.05, 3.63) is 34.9 Å². The van der Waals surface area contributed by atoms with E-state index in [0.717, 1.165) is 0 Å². The molecule has 0 aliphatic heterocycles. The van der Waals surface area contributed by atoms with E-state index >= 15 is 0 Å². The van der Waals surface area contributed by atoms with Crippen molar-refractivity contribution in [1.29, 1.82) is 0 Å². The third-order valence-corrected chi connectivity index (χ3v) is 3.90. The minimum Gasteiger partial charge on any atom is -0.395 e.